The predicted octanol–water partition coefficient (Wildman–Crippen LogP) is 4.64. The smallest absolute Gasteiger partial charge is 0.267 e. The van der Waals surface area contributed by atoms with E-state index in [4.69, 9.17) is 4.52 Å². The molecule has 0 spiro atoms. The molecule has 0 saturated carbocycles. The van der Waals surface area contributed by atoms with Crippen LogP contribution >= 0.6 is 11.3 Å². The van der Waals surface area contributed by atoms with E-state index in [0.717, 1.165) is 27.8 Å². The summed E-state index contributed by atoms with van der Waals surface area (Å²) in [5.41, 5.74) is 4.70. The summed E-state index contributed by atoms with van der Waals surface area (Å²) in [6.07, 6.45) is 0.0552. The monoisotopic (exact) mass is 420 g/mol. The number of aromatic nitrogens is 2. The van der Waals surface area contributed by atoms with Crippen LogP contribution in [0.15, 0.2) is 47.0 Å². The number of benzene rings is 2. The average Bonchev–Trinajstić information content (AvgIpc) is 3.26. The third-order valence-electron chi connectivity index (χ3n) is 4.77. The molecule has 2 aromatic carbocycles. The SMILES string of the molecule is Cc1cc2onc(CC(=O)Nc3nc(C)c(C(=O)Nc4ccccc4)s3)c2cc1C. The van der Waals surface area contributed by atoms with Crippen LogP contribution < -0.4 is 10.6 Å². The number of nitrogens with zero attached hydrogens (tertiary/aromatic N) is 2. The molecule has 0 atom stereocenters. The fourth-order valence-corrected chi connectivity index (χ4v) is 3.94. The van der Waals surface area contributed by atoms with E-state index in [2.05, 4.69) is 20.8 Å². The molecule has 152 valence electrons. The van der Waals surface area contributed by atoms with Crippen molar-refractivity contribution in [2.75, 3.05) is 10.6 Å². The quantitative estimate of drug-likeness (QED) is 0.490. The first kappa shape index (κ1) is 19.8. The van der Waals surface area contributed by atoms with Gasteiger partial charge in [-0.25, -0.2) is 4.98 Å². The van der Waals surface area contributed by atoms with Gasteiger partial charge in [0.1, 0.15) is 10.6 Å². The van der Waals surface area contributed by atoms with Gasteiger partial charge in [-0.1, -0.05) is 34.7 Å². The number of carbonyl (C=O) groups is 2. The van der Waals surface area contributed by atoms with Gasteiger partial charge in [-0.3, -0.25) is 9.59 Å². The Morgan fingerprint density at radius 3 is 2.53 bits per heavy atom. The molecule has 0 aliphatic carbocycles. The Bertz CT molecular complexity index is 1240. The lowest BCUT2D eigenvalue weighted by atomic mass is 10.1. The molecular weight excluding hydrogens is 400 g/mol. The number of thiazole rings is 1. The zero-order chi connectivity index (χ0) is 21.3. The number of rotatable bonds is 5. The topological polar surface area (TPSA) is 97.1 Å². The lowest BCUT2D eigenvalue weighted by Gasteiger charge is -2.03. The van der Waals surface area contributed by atoms with E-state index in [1.807, 2.05) is 56.3 Å². The van der Waals surface area contributed by atoms with Crippen molar-refractivity contribution in [3.63, 3.8) is 0 Å². The highest BCUT2D eigenvalue weighted by atomic mass is 32.1. The molecule has 7 nitrogen and oxygen atoms in total. The molecule has 4 rings (SSSR count). The highest BCUT2D eigenvalue weighted by Crippen LogP contribution is 2.25. The molecule has 4 aromatic rings. The minimum atomic E-state index is -0.271. The van der Waals surface area contributed by atoms with Gasteiger partial charge in [0, 0.05) is 11.1 Å². The Morgan fingerprint density at radius 2 is 1.77 bits per heavy atom. The number of anilines is 2. The van der Waals surface area contributed by atoms with Crippen molar-refractivity contribution >= 4 is 44.9 Å². The van der Waals surface area contributed by atoms with Crippen LogP contribution in [0.25, 0.3) is 11.0 Å². The molecule has 8 heteroatoms. The van der Waals surface area contributed by atoms with Crippen LogP contribution in [-0.4, -0.2) is 22.0 Å². The summed E-state index contributed by atoms with van der Waals surface area (Å²) in [5, 5.41) is 10.8. The lowest BCUT2D eigenvalue weighted by molar-refractivity contribution is -0.115. The number of carbonyl (C=O) groups excluding carboxylic acids is 2. The molecule has 0 unspecified atom stereocenters. The Labute approximate surface area is 177 Å². The fourth-order valence-electron chi connectivity index (χ4n) is 3.06. The molecule has 30 heavy (non-hydrogen) atoms. The Kier molecular flexibility index (Phi) is 5.33. The van der Waals surface area contributed by atoms with Crippen LogP contribution in [0.2, 0.25) is 0 Å². The molecular formula is C22H20N4O3S. The second-order valence-corrected chi connectivity index (χ2v) is 8.04. The number of amides is 2. The van der Waals surface area contributed by atoms with Gasteiger partial charge in [0.2, 0.25) is 5.91 Å². The number of hydrogen-bond acceptors (Lipinski definition) is 6. The summed E-state index contributed by atoms with van der Waals surface area (Å²) in [5.74, 6) is -0.530. The van der Waals surface area contributed by atoms with Crippen LogP contribution in [-0.2, 0) is 11.2 Å². The normalized spacial score (nSPS) is 10.9. The van der Waals surface area contributed by atoms with Crippen molar-refractivity contribution in [1.82, 2.24) is 10.1 Å². The average molecular weight is 420 g/mol. The predicted molar refractivity (Wildman–Crippen MR) is 117 cm³/mol. The molecule has 2 N–H and O–H groups in total. The molecule has 2 amide bonds. The third-order valence-corrected chi connectivity index (χ3v) is 5.84. The van der Waals surface area contributed by atoms with Crippen molar-refractivity contribution in [2.24, 2.45) is 0 Å². The summed E-state index contributed by atoms with van der Waals surface area (Å²) in [4.78, 5) is 29.8. The first-order valence-corrected chi connectivity index (χ1v) is 10.2. The molecule has 0 aliphatic rings. The molecule has 0 aliphatic heterocycles. The van der Waals surface area contributed by atoms with Crippen LogP contribution in [0.4, 0.5) is 10.8 Å². The molecule has 0 fully saturated rings. The van der Waals surface area contributed by atoms with Crippen molar-refractivity contribution in [3.8, 4) is 0 Å². The number of hydrogen-bond donors (Lipinski definition) is 2. The fraction of sp³-hybridized carbons (Fsp3) is 0.182. The maximum atomic E-state index is 12.5. The molecule has 0 bridgehead atoms. The van der Waals surface area contributed by atoms with E-state index >= 15 is 0 Å². The summed E-state index contributed by atoms with van der Waals surface area (Å²) in [7, 11) is 0. The minimum Gasteiger partial charge on any atom is -0.356 e. The number of nitrogens with one attached hydrogen (secondary N) is 2. The van der Waals surface area contributed by atoms with Gasteiger partial charge in [0.05, 0.1) is 12.1 Å². The Hall–Kier alpha value is -3.52. The van der Waals surface area contributed by atoms with Gasteiger partial charge in [-0.2, -0.15) is 0 Å². The van der Waals surface area contributed by atoms with E-state index in [1.54, 1.807) is 6.92 Å². The van der Waals surface area contributed by atoms with Gasteiger partial charge in [0.25, 0.3) is 5.91 Å². The van der Waals surface area contributed by atoms with E-state index < -0.39 is 0 Å². The van der Waals surface area contributed by atoms with Gasteiger partial charge < -0.3 is 15.2 Å². The zero-order valence-electron chi connectivity index (χ0n) is 16.8. The molecule has 0 radical (unpaired) electrons. The van der Waals surface area contributed by atoms with Crippen LogP contribution in [0, 0.1) is 20.8 Å². The van der Waals surface area contributed by atoms with Gasteiger partial charge in [0.15, 0.2) is 10.7 Å². The first-order chi connectivity index (χ1) is 14.4. The highest BCUT2D eigenvalue weighted by Gasteiger charge is 2.18. The number of para-hydroxylation sites is 1. The molecule has 0 saturated heterocycles. The number of aryl methyl sites for hydroxylation is 3. The summed E-state index contributed by atoms with van der Waals surface area (Å²) < 4.78 is 5.35. The van der Waals surface area contributed by atoms with E-state index in [0.29, 0.717) is 32.7 Å². The molecule has 2 aromatic heterocycles. The largest absolute Gasteiger partial charge is 0.356 e. The van der Waals surface area contributed by atoms with Crippen LogP contribution in [0.5, 0.6) is 0 Å². The second-order valence-electron chi connectivity index (χ2n) is 7.04. The third kappa shape index (κ3) is 4.08. The van der Waals surface area contributed by atoms with Crippen LogP contribution in [0.3, 0.4) is 0 Å². The second kappa shape index (κ2) is 8.08. The first-order valence-electron chi connectivity index (χ1n) is 9.40. The van der Waals surface area contributed by atoms with E-state index in [9.17, 15) is 9.59 Å². The lowest BCUT2D eigenvalue weighted by Crippen LogP contribution is -2.14. The summed E-state index contributed by atoms with van der Waals surface area (Å²) in [6, 6.07) is 13.1. The van der Waals surface area contributed by atoms with Gasteiger partial charge >= 0.3 is 0 Å². The zero-order valence-corrected chi connectivity index (χ0v) is 17.6. The van der Waals surface area contributed by atoms with Crippen LogP contribution in [0.1, 0.15) is 32.2 Å². The Balaban J connectivity index is 1.46. The Morgan fingerprint density at radius 1 is 1.03 bits per heavy atom. The molecule has 2 heterocycles. The maximum Gasteiger partial charge on any atom is 0.267 e. The number of fused-ring (bicyclic) bond motifs is 1. The van der Waals surface area contributed by atoms with Crippen molar-refractivity contribution < 1.29 is 14.1 Å². The van der Waals surface area contributed by atoms with Crippen molar-refractivity contribution in [2.45, 2.75) is 27.2 Å². The van der Waals surface area contributed by atoms with E-state index in [-0.39, 0.29) is 18.2 Å². The minimum absolute atomic E-state index is 0.0552. The maximum absolute atomic E-state index is 12.5. The van der Waals surface area contributed by atoms with Crippen molar-refractivity contribution in [3.05, 3.63) is 69.9 Å². The highest BCUT2D eigenvalue weighted by molar-refractivity contribution is 7.17. The van der Waals surface area contributed by atoms with Crippen molar-refractivity contribution in [1.29, 1.82) is 0 Å². The standard InChI is InChI=1S/C22H20N4O3S/c1-12-9-16-17(26-29-18(16)10-13(12)2)11-19(27)25-22-23-14(3)20(30-22)21(28)24-15-7-5-4-6-8-15/h4-10H,11H2,1-3H3,(H,24,28)(H,23,25,27). The summed E-state index contributed by atoms with van der Waals surface area (Å²) in [6.45, 7) is 5.74. The summed E-state index contributed by atoms with van der Waals surface area (Å²) >= 11 is 1.14. The van der Waals surface area contributed by atoms with Gasteiger partial charge in [-0.15, -0.1) is 0 Å². The van der Waals surface area contributed by atoms with Gasteiger partial charge in [-0.05, 0) is 56.2 Å². The van der Waals surface area contributed by atoms with E-state index in [1.165, 1.54) is 0 Å².